The quantitative estimate of drug-likeness (QED) is 0.180. The minimum absolute atomic E-state index is 0.0605. The van der Waals surface area contributed by atoms with E-state index in [9.17, 15) is 8.42 Å². The Kier molecular flexibility index (Phi) is 10.2. The lowest BCUT2D eigenvalue weighted by molar-refractivity contribution is 0.190. The normalized spacial score (nSPS) is 12.5. The summed E-state index contributed by atoms with van der Waals surface area (Å²) < 4.78 is 37.1. The summed E-state index contributed by atoms with van der Waals surface area (Å²) in [6, 6.07) is 30.7. The van der Waals surface area contributed by atoms with Crippen molar-refractivity contribution in [1.82, 2.24) is 5.32 Å². The van der Waals surface area contributed by atoms with Crippen LogP contribution in [-0.2, 0) is 10.1 Å². The standard InChI is InChI=1S/C20H27NOS.C10H8O3S/c1-20(2,3)23-19-13-9-8-12-18(19)22-17(14-15-21-4)16-10-6-5-7-11-16;11-14(12,13)10-6-5-8-3-1-2-4-9(8)7-10/h5-13,17,21H,14-15H2,1-4H3;1-7H,(H,11,12,13)/t17-;/m0./s1. The molecule has 0 amide bonds. The molecule has 0 radical (unpaired) electrons. The summed E-state index contributed by atoms with van der Waals surface area (Å²) in [6.07, 6.45) is 1.00. The first-order chi connectivity index (χ1) is 17.6. The monoisotopic (exact) mass is 537 g/mol. The molecule has 0 heterocycles. The Balaban J connectivity index is 0.000000231. The maximum Gasteiger partial charge on any atom is 0.294 e. The summed E-state index contributed by atoms with van der Waals surface area (Å²) in [4.78, 5) is 1.13. The van der Waals surface area contributed by atoms with E-state index in [0.717, 1.165) is 29.5 Å². The van der Waals surface area contributed by atoms with Gasteiger partial charge >= 0.3 is 0 Å². The topological polar surface area (TPSA) is 75.6 Å². The second-order valence-electron chi connectivity index (χ2n) is 9.55. The summed E-state index contributed by atoms with van der Waals surface area (Å²) in [7, 11) is -2.12. The molecule has 0 aliphatic carbocycles. The molecule has 1 atom stereocenters. The van der Waals surface area contributed by atoms with Crippen LogP contribution in [0.5, 0.6) is 5.75 Å². The molecule has 0 unspecified atom stereocenters. The van der Waals surface area contributed by atoms with E-state index < -0.39 is 10.1 Å². The third-order valence-corrected chi connectivity index (χ3v) is 7.40. The smallest absolute Gasteiger partial charge is 0.294 e. The molecule has 196 valence electrons. The lowest BCUT2D eigenvalue weighted by Crippen LogP contribution is -2.16. The van der Waals surface area contributed by atoms with E-state index in [-0.39, 0.29) is 15.7 Å². The number of rotatable bonds is 8. The molecule has 0 saturated heterocycles. The zero-order valence-corrected chi connectivity index (χ0v) is 23.4. The van der Waals surface area contributed by atoms with Gasteiger partial charge in [0.1, 0.15) is 11.9 Å². The molecule has 4 rings (SSSR count). The second-order valence-corrected chi connectivity index (χ2v) is 12.8. The van der Waals surface area contributed by atoms with Crippen LogP contribution < -0.4 is 10.1 Å². The number of para-hydroxylation sites is 1. The Morgan fingerprint density at radius 3 is 2.14 bits per heavy atom. The number of fused-ring (bicyclic) bond motifs is 1. The molecular weight excluding hydrogens is 502 g/mol. The SMILES string of the molecule is CNCC[C@H](Oc1ccccc1SC(C)(C)C)c1ccccc1.O=S(=O)(O)c1ccc2ccccc2c1. The molecule has 0 aromatic heterocycles. The van der Waals surface area contributed by atoms with Crippen molar-refractivity contribution in [2.45, 2.75) is 47.8 Å². The van der Waals surface area contributed by atoms with Crippen LogP contribution in [-0.4, -0.2) is 31.3 Å². The van der Waals surface area contributed by atoms with Gasteiger partial charge in [0.25, 0.3) is 10.1 Å². The second kappa shape index (κ2) is 13.1. The van der Waals surface area contributed by atoms with Crippen molar-refractivity contribution >= 4 is 32.7 Å². The third-order valence-electron chi connectivity index (χ3n) is 5.38. The van der Waals surface area contributed by atoms with E-state index in [1.807, 2.05) is 49.1 Å². The van der Waals surface area contributed by atoms with Gasteiger partial charge in [0, 0.05) is 16.1 Å². The third kappa shape index (κ3) is 9.20. The van der Waals surface area contributed by atoms with Crippen LogP contribution in [0.3, 0.4) is 0 Å². The Morgan fingerprint density at radius 1 is 0.865 bits per heavy atom. The minimum atomic E-state index is -4.09. The average molecular weight is 538 g/mol. The van der Waals surface area contributed by atoms with E-state index in [1.54, 1.807) is 12.1 Å². The molecule has 0 bridgehead atoms. The molecule has 0 saturated carbocycles. The lowest BCUT2D eigenvalue weighted by atomic mass is 10.1. The van der Waals surface area contributed by atoms with Crippen molar-refractivity contribution in [3.63, 3.8) is 0 Å². The van der Waals surface area contributed by atoms with Gasteiger partial charge in [0.05, 0.1) is 4.90 Å². The molecule has 0 aliphatic rings. The average Bonchev–Trinajstić information content (AvgIpc) is 2.87. The van der Waals surface area contributed by atoms with Gasteiger partial charge in [-0.25, -0.2) is 0 Å². The van der Waals surface area contributed by atoms with Gasteiger partial charge in [-0.2, -0.15) is 8.42 Å². The van der Waals surface area contributed by atoms with Crippen LogP contribution in [0, 0.1) is 0 Å². The number of nitrogens with one attached hydrogen (secondary N) is 1. The zero-order valence-electron chi connectivity index (χ0n) is 21.7. The van der Waals surface area contributed by atoms with Crippen molar-refractivity contribution in [2.75, 3.05) is 13.6 Å². The van der Waals surface area contributed by atoms with Crippen LogP contribution in [0.4, 0.5) is 0 Å². The zero-order chi connectivity index (χ0) is 26.9. The van der Waals surface area contributed by atoms with Crippen molar-refractivity contribution < 1.29 is 17.7 Å². The van der Waals surface area contributed by atoms with Gasteiger partial charge in [-0.1, -0.05) is 93.6 Å². The van der Waals surface area contributed by atoms with Crippen LogP contribution in [0.2, 0.25) is 0 Å². The molecular formula is C30H35NO4S2. The van der Waals surface area contributed by atoms with Crippen molar-refractivity contribution in [3.05, 3.63) is 103 Å². The molecule has 37 heavy (non-hydrogen) atoms. The highest BCUT2D eigenvalue weighted by Gasteiger charge is 2.19. The first-order valence-electron chi connectivity index (χ1n) is 12.2. The number of thioether (sulfide) groups is 1. The predicted molar refractivity (Wildman–Crippen MR) is 154 cm³/mol. The van der Waals surface area contributed by atoms with Gasteiger partial charge in [0.15, 0.2) is 0 Å². The number of hydrogen-bond donors (Lipinski definition) is 2. The van der Waals surface area contributed by atoms with Gasteiger partial charge < -0.3 is 10.1 Å². The van der Waals surface area contributed by atoms with E-state index >= 15 is 0 Å². The first kappa shape index (κ1) is 28.7. The van der Waals surface area contributed by atoms with Crippen molar-refractivity contribution in [1.29, 1.82) is 0 Å². The van der Waals surface area contributed by atoms with Gasteiger partial charge in [-0.15, -0.1) is 11.8 Å². The summed E-state index contributed by atoms with van der Waals surface area (Å²) in [6.45, 7) is 7.60. The number of hydrogen-bond acceptors (Lipinski definition) is 5. The van der Waals surface area contributed by atoms with Gasteiger partial charge in [-0.3, -0.25) is 4.55 Å². The van der Waals surface area contributed by atoms with Crippen LogP contribution in [0.25, 0.3) is 10.8 Å². The van der Waals surface area contributed by atoms with Crippen LogP contribution in [0.15, 0.2) is 107 Å². The Morgan fingerprint density at radius 2 is 1.49 bits per heavy atom. The summed E-state index contributed by atoms with van der Waals surface area (Å²) in [5, 5.41) is 4.96. The van der Waals surface area contributed by atoms with Crippen LogP contribution in [0.1, 0.15) is 38.9 Å². The fourth-order valence-corrected chi connectivity index (χ4v) is 5.22. The summed E-state index contributed by atoms with van der Waals surface area (Å²) in [5.41, 5.74) is 1.22. The Labute approximate surface area is 225 Å². The van der Waals surface area contributed by atoms with Gasteiger partial charge in [-0.05, 0) is 54.2 Å². The fraction of sp³-hybridized carbons (Fsp3) is 0.267. The summed E-state index contributed by atoms with van der Waals surface area (Å²) in [5.74, 6) is 0.970. The molecule has 5 nitrogen and oxygen atoms in total. The molecule has 2 N–H and O–H groups in total. The molecule has 4 aromatic rings. The molecule has 4 aromatic carbocycles. The Hall–Kier alpha value is -2.84. The fourth-order valence-electron chi connectivity index (χ4n) is 3.68. The molecule has 0 aliphatic heterocycles. The number of benzene rings is 4. The molecule has 0 spiro atoms. The van der Waals surface area contributed by atoms with E-state index in [2.05, 4.69) is 68.6 Å². The number of ether oxygens (including phenoxy) is 1. The predicted octanol–water partition coefficient (Wildman–Crippen LogP) is 7.39. The Bertz CT molecular complexity index is 1380. The highest BCUT2D eigenvalue weighted by Crippen LogP contribution is 2.39. The highest BCUT2D eigenvalue weighted by atomic mass is 32.2. The van der Waals surface area contributed by atoms with Crippen LogP contribution >= 0.6 is 11.8 Å². The summed E-state index contributed by atoms with van der Waals surface area (Å²) >= 11 is 1.85. The molecule has 0 fully saturated rings. The van der Waals surface area contributed by atoms with Crippen molar-refractivity contribution in [2.24, 2.45) is 0 Å². The lowest BCUT2D eigenvalue weighted by Gasteiger charge is -2.24. The maximum absolute atomic E-state index is 10.8. The first-order valence-corrected chi connectivity index (χ1v) is 14.4. The largest absolute Gasteiger partial charge is 0.485 e. The van der Waals surface area contributed by atoms with Gasteiger partial charge in [0.2, 0.25) is 0 Å². The van der Waals surface area contributed by atoms with Crippen molar-refractivity contribution in [3.8, 4) is 5.75 Å². The van der Waals surface area contributed by atoms with E-state index in [0.29, 0.717) is 0 Å². The molecule has 7 heteroatoms. The van der Waals surface area contributed by atoms with E-state index in [1.165, 1.54) is 22.6 Å². The highest BCUT2D eigenvalue weighted by molar-refractivity contribution is 8.00. The van der Waals surface area contributed by atoms with E-state index in [4.69, 9.17) is 9.29 Å². The minimum Gasteiger partial charge on any atom is -0.485 e. The maximum atomic E-state index is 10.8.